The van der Waals surface area contributed by atoms with Crippen molar-refractivity contribution < 1.29 is 4.74 Å². The second kappa shape index (κ2) is 6.13. The number of nitrogens with two attached hydrogens (primary N) is 1. The maximum atomic E-state index is 6.00. The molecule has 0 spiro atoms. The monoisotopic (exact) mass is 287 g/mol. The molecule has 2 aromatic rings. The van der Waals surface area contributed by atoms with Crippen LogP contribution in [0.25, 0.3) is 0 Å². The molecule has 21 heavy (non-hydrogen) atoms. The number of H-pyrrole nitrogens is 1. The molecule has 0 aliphatic carbocycles. The van der Waals surface area contributed by atoms with E-state index in [-0.39, 0.29) is 6.04 Å². The quantitative estimate of drug-likeness (QED) is 0.887. The number of aromatic nitrogens is 3. The number of piperidine rings is 1. The molecule has 1 unspecified atom stereocenters. The molecule has 6 heteroatoms. The fourth-order valence-corrected chi connectivity index (χ4v) is 2.67. The maximum Gasteiger partial charge on any atom is 0.244 e. The highest BCUT2D eigenvalue weighted by molar-refractivity contribution is 5.33. The van der Waals surface area contributed by atoms with Crippen LogP contribution in [0, 0.1) is 0 Å². The average Bonchev–Trinajstić information content (AvgIpc) is 2.96. The van der Waals surface area contributed by atoms with Crippen molar-refractivity contribution in [2.45, 2.75) is 25.3 Å². The van der Waals surface area contributed by atoms with Crippen molar-refractivity contribution in [2.24, 2.45) is 5.73 Å². The van der Waals surface area contributed by atoms with Crippen molar-refractivity contribution >= 4 is 5.95 Å². The first-order valence-electron chi connectivity index (χ1n) is 7.29. The van der Waals surface area contributed by atoms with Gasteiger partial charge >= 0.3 is 0 Å². The lowest BCUT2D eigenvalue weighted by Gasteiger charge is -2.29. The summed E-state index contributed by atoms with van der Waals surface area (Å²) in [5.41, 5.74) is 7.15. The number of anilines is 1. The Balaban J connectivity index is 1.69. The normalized spacial score (nSPS) is 18.8. The molecule has 1 aromatic heterocycles. The Morgan fingerprint density at radius 3 is 3.19 bits per heavy atom. The number of methoxy groups -OCH3 is 1. The van der Waals surface area contributed by atoms with Gasteiger partial charge in [-0.1, -0.05) is 12.1 Å². The van der Waals surface area contributed by atoms with Crippen LogP contribution in [-0.4, -0.2) is 41.4 Å². The Morgan fingerprint density at radius 1 is 1.48 bits per heavy atom. The lowest BCUT2D eigenvalue weighted by atomic mass is 10.1. The van der Waals surface area contributed by atoms with Gasteiger partial charge in [0, 0.05) is 25.6 Å². The van der Waals surface area contributed by atoms with E-state index in [1.54, 1.807) is 7.11 Å². The third-order valence-electron chi connectivity index (χ3n) is 3.77. The van der Waals surface area contributed by atoms with Crippen molar-refractivity contribution in [2.75, 3.05) is 25.1 Å². The van der Waals surface area contributed by atoms with Crippen molar-refractivity contribution in [3.8, 4) is 5.75 Å². The second-order valence-corrected chi connectivity index (χ2v) is 5.46. The smallest absolute Gasteiger partial charge is 0.244 e. The molecule has 0 saturated carbocycles. The Kier molecular flexibility index (Phi) is 4.06. The van der Waals surface area contributed by atoms with Gasteiger partial charge in [-0.15, -0.1) is 5.10 Å². The van der Waals surface area contributed by atoms with E-state index in [9.17, 15) is 0 Å². The summed E-state index contributed by atoms with van der Waals surface area (Å²) in [6.07, 6.45) is 2.89. The molecule has 3 rings (SSSR count). The van der Waals surface area contributed by atoms with E-state index >= 15 is 0 Å². The summed E-state index contributed by atoms with van der Waals surface area (Å²) in [6.45, 7) is 1.81. The van der Waals surface area contributed by atoms with Crippen LogP contribution in [-0.2, 0) is 6.42 Å². The minimum atomic E-state index is 0.221. The number of benzene rings is 1. The van der Waals surface area contributed by atoms with E-state index in [0.717, 1.165) is 49.0 Å². The molecule has 1 aromatic carbocycles. The topological polar surface area (TPSA) is 80.1 Å². The van der Waals surface area contributed by atoms with Gasteiger partial charge in [0.25, 0.3) is 0 Å². The van der Waals surface area contributed by atoms with Gasteiger partial charge in [-0.05, 0) is 30.5 Å². The third-order valence-corrected chi connectivity index (χ3v) is 3.77. The van der Waals surface area contributed by atoms with Crippen molar-refractivity contribution in [3.63, 3.8) is 0 Å². The summed E-state index contributed by atoms with van der Waals surface area (Å²) < 4.78 is 5.24. The Bertz CT molecular complexity index is 597. The Hall–Kier alpha value is -2.08. The molecular weight excluding hydrogens is 266 g/mol. The molecule has 1 aliphatic rings. The lowest BCUT2D eigenvalue weighted by Crippen LogP contribution is -2.43. The van der Waals surface area contributed by atoms with Crippen LogP contribution in [0.3, 0.4) is 0 Å². The first-order valence-corrected chi connectivity index (χ1v) is 7.29. The van der Waals surface area contributed by atoms with Gasteiger partial charge in [0.15, 0.2) is 0 Å². The molecule has 1 aliphatic heterocycles. The highest BCUT2D eigenvalue weighted by atomic mass is 16.5. The second-order valence-electron chi connectivity index (χ2n) is 5.46. The molecular formula is C15H21N5O. The summed E-state index contributed by atoms with van der Waals surface area (Å²) in [7, 11) is 1.67. The molecule has 3 N–H and O–H groups in total. The highest BCUT2D eigenvalue weighted by Crippen LogP contribution is 2.18. The highest BCUT2D eigenvalue weighted by Gasteiger charge is 2.20. The van der Waals surface area contributed by atoms with Gasteiger partial charge in [0.05, 0.1) is 7.11 Å². The van der Waals surface area contributed by atoms with E-state index < -0.39 is 0 Å². The minimum Gasteiger partial charge on any atom is -0.497 e. The third kappa shape index (κ3) is 3.33. The molecule has 1 atom stereocenters. The summed E-state index contributed by atoms with van der Waals surface area (Å²) >= 11 is 0. The Labute approximate surface area is 124 Å². The predicted molar refractivity (Wildman–Crippen MR) is 81.6 cm³/mol. The summed E-state index contributed by atoms with van der Waals surface area (Å²) in [6, 6.07) is 8.21. The van der Waals surface area contributed by atoms with Crippen LogP contribution in [0.15, 0.2) is 24.3 Å². The van der Waals surface area contributed by atoms with E-state index in [1.165, 1.54) is 0 Å². The van der Waals surface area contributed by atoms with Gasteiger partial charge in [-0.3, -0.25) is 5.10 Å². The fraction of sp³-hybridized carbons (Fsp3) is 0.467. The first-order chi connectivity index (χ1) is 10.2. The van der Waals surface area contributed by atoms with Gasteiger partial charge in [0.1, 0.15) is 11.6 Å². The number of ether oxygens (including phenoxy) is 1. The van der Waals surface area contributed by atoms with Crippen LogP contribution in [0.4, 0.5) is 5.95 Å². The van der Waals surface area contributed by atoms with Gasteiger partial charge in [-0.2, -0.15) is 4.98 Å². The van der Waals surface area contributed by atoms with E-state index in [0.29, 0.717) is 6.42 Å². The summed E-state index contributed by atoms with van der Waals surface area (Å²) in [4.78, 5) is 6.73. The first kappa shape index (κ1) is 13.9. The largest absolute Gasteiger partial charge is 0.497 e. The van der Waals surface area contributed by atoms with Gasteiger partial charge in [0.2, 0.25) is 5.95 Å². The lowest BCUT2D eigenvalue weighted by molar-refractivity contribution is 0.414. The van der Waals surface area contributed by atoms with E-state index in [1.807, 2.05) is 18.2 Å². The molecule has 0 bridgehead atoms. The van der Waals surface area contributed by atoms with Crippen LogP contribution in [0.1, 0.15) is 24.2 Å². The van der Waals surface area contributed by atoms with Gasteiger partial charge < -0.3 is 15.4 Å². The van der Waals surface area contributed by atoms with Crippen molar-refractivity contribution in [1.29, 1.82) is 0 Å². The molecule has 6 nitrogen and oxygen atoms in total. The zero-order valence-corrected chi connectivity index (χ0v) is 12.2. The standard InChI is InChI=1S/C15H21N5O/c1-21-13-6-2-4-11(8-13)9-14-17-15(19-18-14)20-7-3-5-12(16)10-20/h2,4,6,8,12H,3,5,7,9-10,16H2,1H3,(H,17,18,19). The van der Waals surface area contributed by atoms with Crippen LogP contribution >= 0.6 is 0 Å². The number of hydrogen-bond donors (Lipinski definition) is 2. The number of rotatable bonds is 4. The summed E-state index contributed by atoms with van der Waals surface area (Å²) in [5.74, 6) is 2.47. The fourth-order valence-electron chi connectivity index (χ4n) is 2.67. The molecule has 1 saturated heterocycles. The zero-order chi connectivity index (χ0) is 14.7. The van der Waals surface area contributed by atoms with Gasteiger partial charge in [-0.25, -0.2) is 0 Å². The SMILES string of the molecule is COc1cccc(Cc2nc(N3CCCC(N)C3)n[nH]2)c1. The van der Waals surface area contributed by atoms with Crippen molar-refractivity contribution in [1.82, 2.24) is 15.2 Å². The molecule has 112 valence electrons. The molecule has 1 fully saturated rings. The zero-order valence-electron chi connectivity index (χ0n) is 12.2. The Morgan fingerprint density at radius 2 is 2.38 bits per heavy atom. The number of nitrogens with zero attached hydrogens (tertiary/aromatic N) is 3. The van der Waals surface area contributed by atoms with E-state index in [2.05, 4.69) is 26.1 Å². The van der Waals surface area contributed by atoms with Crippen LogP contribution in [0.2, 0.25) is 0 Å². The molecule has 0 amide bonds. The van der Waals surface area contributed by atoms with Crippen molar-refractivity contribution in [3.05, 3.63) is 35.7 Å². The molecule has 0 radical (unpaired) electrons. The van der Waals surface area contributed by atoms with Crippen LogP contribution < -0.4 is 15.4 Å². The number of hydrogen-bond acceptors (Lipinski definition) is 5. The maximum absolute atomic E-state index is 6.00. The van der Waals surface area contributed by atoms with Crippen LogP contribution in [0.5, 0.6) is 5.75 Å². The predicted octanol–water partition coefficient (Wildman–Crippen LogP) is 1.33. The number of aromatic amines is 1. The summed E-state index contributed by atoms with van der Waals surface area (Å²) in [5, 5.41) is 7.34. The minimum absolute atomic E-state index is 0.221. The number of nitrogens with one attached hydrogen (secondary N) is 1. The molecule has 2 heterocycles. The average molecular weight is 287 g/mol. The van der Waals surface area contributed by atoms with E-state index in [4.69, 9.17) is 10.5 Å².